The number of hydrogen-bond acceptors (Lipinski definition) is 6. The fraction of sp³-hybridized carbons (Fsp3) is 0.346. The van der Waals surface area contributed by atoms with Crippen LogP contribution in [-0.4, -0.2) is 36.1 Å². The molecule has 1 aliphatic carbocycles. The number of aromatic nitrogens is 3. The molecule has 0 bridgehead atoms. The summed E-state index contributed by atoms with van der Waals surface area (Å²) in [5, 5.41) is 23.8. The van der Waals surface area contributed by atoms with Crippen LogP contribution >= 0.6 is 0 Å². The van der Waals surface area contributed by atoms with Crippen molar-refractivity contribution in [1.82, 2.24) is 14.4 Å². The van der Waals surface area contributed by atoms with Crippen LogP contribution in [0.5, 0.6) is 0 Å². The van der Waals surface area contributed by atoms with Crippen molar-refractivity contribution in [2.75, 3.05) is 5.32 Å². The van der Waals surface area contributed by atoms with Gasteiger partial charge in [0.15, 0.2) is 5.69 Å². The number of nitrogens with one attached hydrogen (secondary N) is 1. The van der Waals surface area contributed by atoms with Crippen molar-refractivity contribution in [3.05, 3.63) is 71.5 Å². The van der Waals surface area contributed by atoms with Crippen molar-refractivity contribution in [2.45, 2.75) is 57.7 Å². The molecule has 1 aromatic carbocycles. The van der Waals surface area contributed by atoms with Crippen LogP contribution in [0.25, 0.3) is 17.1 Å². The first-order valence-electron chi connectivity index (χ1n) is 11.4. The van der Waals surface area contributed by atoms with Gasteiger partial charge in [-0.05, 0) is 64.7 Å². The van der Waals surface area contributed by atoms with Crippen LogP contribution in [0.1, 0.15) is 60.4 Å². The van der Waals surface area contributed by atoms with Gasteiger partial charge in [-0.15, -0.1) is 0 Å². The van der Waals surface area contributed by atoms with E-state index < -0.39 is 17.1 Å². The largest absolute Gasteiger partial charge is 0.444 e. The Morgan fingerprint density at radius 1 is 1.24 bits per heavy atom. The zero-order valence-electron chi connectivity index (χ0n) is 19.5. The third-order valence-corrected chi connectivity index (χ3v) is 6.11. The van der Waals surface area contributed by atoms with E-state index in [4.69, 9.17) is 4.42 Å². The fourth-order valence-electron chi connectivity index (χ4n) is 3.99. The summed E-state index contributed by atoms with van der Waals surface area (Å²) < 4.78 is 7.37. The van der Waals surface area contributed by atoms with Crippen molar-refractivity contribution in [3.8, 4) is 11.5 Å². The lowest BCUT2D eigenvalue weighted by Crippen LogP contribution is -2.19. The Bertz CT molecular complexity index is 1380. The molecule has 0 unspecified atom stereocenters. The van der Waals surface area contributed by atoms with E-state index in [1.165, 1.54) is 6.26 Å². The summed E-state index contributed by atoms with van der Waals surface area (Å²) in [5.41, 5.74) is 2.92. The fourth-order valence-corrected chi connectivity index (χ4v) is 3.99. The summed E-state index contributed by atoms with van der Waals surface area (Å²) in [7, 11) is 0. The zero-order chi connectivity index (χ0) is 24.1. The van der Waals surface area contributed by atoms with Crippen LogP contribution in [0.4, 0.5) is 5.69 Å². The maximum absolute atomic E-state index is 13.0. The van der Waals surface area contributed by atoms with E-state index in [0.717, 1.165) is 16.8 Å². The van der Waals surface area contributed by atoms with Gasteiger partial charge in [-0.1, -0.05) is 17.7 Å². The Hall–Kier alpha value is -3.49. The van der Waals surface area contributed by atoms with Crippen LogP contribution in [0.2, 0.25) is 0 Å². The monoisotopic (exact) mass is 460 g/mol. The predicted molar refractivity (Wildman–Crippen MR) is 128 cm³/mol. The second-order valence-corrected chi connectivity index (χ2v) is 9.80. The first kappa shape index (κ1) is 22.3. The average Bonchev–Trinajstić information content (AvgIpc) is 3.19. The highest BCUT2D eigenvalue weighted by Gasteiger charge is 2.44. The number of aryl methyl sites for hydroxylation is 2. The summed E-state index contributed by atoms with van der Waals surface area (Å²) in [4.78, 5) is 22.0. The number of aliphatic hydroxyl groups is 2. The number of pyridine rings is 1. The van der Waals surface area contributed by atoms with Crippen LogP contribution in [0.3, 0.4) is 0 Å². The molecule has 1 amide bonds. The minimum absolute atomic E-state index is 0.154. The molecule has 8 nitrogen and oxygen atoms in total. The molecule has 3 N–H and O–H groups in total. The van der Waals surface area contributed by atoms with Crippen molar-refractivity contribution in [2.24, 2.45) is 0 Å². The van der Waals surface area contributed by atoms with Crippen LogP contribution in [0.15, 0.2) is 53.4 Å². The molecule has 8 heteroatoms. The second kappa shape index (κ2) is 8.07. The topological polar surface area (TPSA) is 113 Å². The summed E-state index contributed by atoms with van der Waals surface area (Å²) in [6.07, 6.45) is 7.42. The van der Waals surface area contributed by atoms with Gasteiger partial charge in [-0.3, -0.25) is 4.79 Å². The minimum atomic E-state index is -0.972. The quantitative estimate of drug-likeness (QED) is 0.380. The van der Waals surface area contributed by atoms with Crippen molar-refractivity contribution in [1.29, 1.82) is 0 Å². The summed E-state index contributed by atoms with van der Waals surface area (Å²) >= 11 is 0. The SMILES string of the molecule is Cc1cccc(-c2nc(C(=O)Nc3cn4cc(CCC(C)(C)O)nc4cc3C3(O)CC3)co2)c1. The first-order valence-corrected chi connectivity index (χ1v) is 11.4. The number of amides is 1. The van der Waals surface area contributed by atoms with Gasteiger partial charge in [0, 0.05) is 23.5 Å². The standard InChI is InChI=1S/C26H28N4O4/c1-16-5-4-6-17(11-16)24-29-21(15-34-24)23(31)28-20-14-30-13-18(7-8-25(2,3)32)27-22(30)12-19(20)26(33)9-10-26/h4-6,11-15,32-33H,7-10H2,1-3H3,(H,28,31). The number of rotatable bonds is 7. The summed E-state index contributed by atoms with van der Waals surface area (Å²) in [6.45, 7) is 5.52. The Labute approximate surface area is 197 Å². The molecule has 0 radical (unpaired) electrons. The molecule has 5 rings (SSSR count). The summed E-state index contributed by atoms with van der Waals surface area (Å²) in [5.74, 6) is -0.0497. The molecule has 1 fully saturated rings. The van der Waals surface area contributed by atoms with E-state index in [0.29, 0.717) is 48.5 Å². The van der Waals surface area contributed by atoms with Crippen molar-refractivity contribution in [3.63, 3.8) is 0 Å². The number of carbonyl (C=O) groups is 1. The van der Waals surface area contributed by atoms with Crippen molar-refractivity contribution >= 4 is 17.2 Å². The second-order valence-electron chi connectivity index (χ2n) is 9.80. The maximum Gasteiger partial charge on any atom is 0.277 e. The minimum Gasteiger partial charge on any atom is -0.444 e. The van der Waals surface area contributed by atoms with Crippen LogP contribution in [0, 0.1) is 6.92 Å². The number of hydrogen-bond donors (Lipinski definition) is 3. The molecule has 3 heterocycles. The Morgan fingerprint density at radius 3 is 2.74 bits per heavy atom. The van der Waals surface area contributed by atoms with Crippen molar-refractivity contribution < 1.29 is 19.4 Å². The number of carbonyl (C=O) groups excluding carboxylic acids is 1. The molecule has 1 aliphatic rings. The molecule has 1 saturated carbocycles. The number of oxazole rings is 1. The number of anilines is 1. The third kappa shape index (κ3) is 4.60. The molecule has 34 heavy (non-hydrogen) atoms. The van der Waals surface area contributed by atoms with Crippen LogP contribution < -0.4 is 5.32 Å². The Balaban J connectivity index is 1.43. The predicted octanol–water partition coefficient (Wildman–Crippen LogP) is 4.23. The number of benzene rings is 1. The highest BCUT2D eigenvalue weighted by Crippen LogP contribution is 2.48. The van der Waals surface area contributed by atoms with E-state index >= 15 is 0 Å². The lowest BCUT2D eigenvalue weighted by Gasteiger charge is -2.15. The first-order chi connectivity index (χ1) is 16.1. The lowest BCUT2D eigenvalue weighted by atomic mass is 10.0. The Kier molecular flexibility index (Phi) is 5.30. The van der Waals surface area contributed by atoms with E-state index in [2.05, 4.69) is 15.3 Å². The van der Waals surface area contributed by atoms with Gasteiger partial charge in [0.1, 0.15) is 11.9 Å². The molecule has 3 aromatic heterocycles. The van der Waals surface area contributed by atoms with E-state index in [9.17, 15) is 15.0 Å². The van der Waals surface area contributed by atoms with E-state index in [1.807, 2.05) is 47.9 Å². The summed E-state index contributed by atoms with van der Waals surface area (Å²) in [6, 6.07) is 9.53. The highest BCUT2D eigenvalue weighted by molar-refractivity contribution is 6.03. The lowest BCUT2D eigenvalue weighted by molar-refractivity contribution is 0.0711. The smallest absolute Gasteiger partial charge is 0.277 e. The maximum atomic E-state index is 13.0. The van der Waals surface area contributed by atoms with Crippen LogP contribution in [-0.2, 0) is 12.0 Å². The zero-order valence-corrected chi connectivity index (χ0v) is 19.5. The van der Waals surface area contributed by atoms with E-state index in [1.54, 1.807) is 20.0 Å². The van der Waals surface area contributed by atoms with Gasteiger partial charge in [-0.2, -0.15) is 0 Å². The van der Waals surface area contributed by atoms with Gasteiger partial charge in [-0.25, -0.2) is 9.97 Å². The van der Waals surface area contributed by atoms with Gasteiger partial charge in [0.05, 0.1) is 22.6 Å². The highest BCUT2D eigenvalue weighted by atomic mass is 16.3. The number of imidazole rings is 1. The van der Waals surface area contributed by atoms with Gasteiger partial charge < -0.3 is 24.3 Å². The van der Waals surface area contributed by atoms with Gasteiger partial charge in [0.2, 0.25) is 5.89 Å². The molecule has 0 aliphatic heterocycles. The molecular weight excluding hydrogens is 432 g/mol. The number of nitrogens with zero attached hydrogens (tertiary/aromatic N) is 3. The average molecular weight is 461 g/mol. The molecule has 4 aromatic rings. The molecule has 0 atom stereocenters. The molecule has 0 spiro atoms. The number of fused-ring (bicyclic) bond motifs is 1. The molecular formula is C26H28N4O4. The molecule has 0 saturated heterocycles. The van der Waals surface area contributed by atoms with Gasteiger partial charge >= 0.3 is 0 Å². The normalized spacial score (nSPS) is 15.0. The molecule has 176 valence electrons. The Morgan fingerprint density at radius 2 is 2.03 bits per heavy atom. The van der Waals surface area contributed by atoms with E-state index in [-0.39, 0.29) is 5.69 Å². The van der Waals surface area contributed by atoms with Gasteiger partial charge in [0.25, 0.3) is 5.91 Å². The third-order valence-electron chi connectivity index (χ3n) is 6.11.